The van der Waals surface area contributed by atoms with Crippen molar-refractivity contribution in [2.24, 2.45) is 0 Å². The summed E-state index contributed by atoms with van der Waals surface area (Å²) in [5.41, 5.74) is 0.727. The molecule has 24 heavy (non-hydrogen) atoms. The summed E-state index contributed by atoms with van der Waals surface area (Å²) in [4.78, 5) is 8.90. The van der Waals surface area contributed by atoms with Crippen molar-refractivity contribution in [3.63, 3.8) is 0 Å². The monoisotopic (exact) mass is 330 g/mol. The Bertz CT molecular complexity index is 669. The zero-order valence-corrected chi connectivity index (χ0v) is 14.1. The lowest BCUT2D eigenvalue weighted by molar-refractivity contribution is 0.233. The number of ether oxygens (including phenoxy) is 1. The molecule has 0 atom stereocenters. The molecule has 1 aliphatic carbocycles. The molecule has 1 aromatic heterocycles. The lowest BCUT2D eigenvalue weighted by Gasteiger charge is -2.16. The smallest absolute Gasteiger partial charge is 0.232 e. The Morgan fingerprint density at radius 3 is 2.50 bits per heavy atom. The van der Waals surface area contributed by atoms with Gasteiger partial charge in [0.1, 0.15) is 11.6 Å². The van der Waals surface area contributed by atoms with Gasteiger partial charge < -0.3 is 15.4 Å². The molecule has 128 valence electrons. The first-order valence-electron chi connectivity index (χ1n) is 8.43. The van der Waals surface area contributed by atoms with E-state index in [1.165, 1.54) is 25.0 Å². The minimum atomic E-state index is -0.276. The van der Waals surface area contributed by atoms with Crippen LogP contribution >= 0.6 is 0 Å². The molecule has 0 bridgehead atoms. The normalized spacial score (nSPS) is 14.8. The average molecular weight is 330 g/mol. The largest absolute Gasteiger partial charge is 0.475 e. The topological polar surface area (TPSA) is 59.1 Å². The van der Waals surface area contributed by atoms with E-state index in [9.17, 15) is 4.39 Å². The molecule has 0 radical (unpaired) electrons. The van der Waals surface area contributed by atoms with Crippen LogP contribution in [-0.4, -0.2) is 22.1 Å². The molecule has 0 spiro atoms. The number of nitrogens with one attached hydrogen (secondary N) is 2. The van der Waals surface area contributed by atoms with Crippen LogP contribution in [0.2, 0.25) is 0 Å². The second-order valence-electron chi connectivity index (χ2n) is 6.34. The molecule has 3 rings (SSSR count). The van der Waals surface area contributed by atoms with Crippen molar-refractivity contribution in [3.8, 4) is 5.88 Å². The highest BCUT2D eigenvalue weighted by Gasteiger charge is 2.16. The van der Waals surface area contributed by atoms with Crippen molar-refractivity contribution in [1.29, 1.82) is 0 Å². The summed E-state index contributed by atoms with van der Waals surface area (Å²) >= 11 is 0. The molecule has 1 aromatic carbocycles. The zero-order valence-electron chi connectivity index (χ0n) is 14.1. The Morgan fingerprint density at radius 2 is 1.83 bits per heavy atom. The number of anilines is 3. The number of aromatic nitrogens is 2. The molecule has 1 aliphatic rings. The van der Waals surface area contributed by atoms with Crippen molar-refractivity contribution in [3.05, 3.63) is 36.1 Å². The Hall–Kier alpha value is -2.37. The maximum absolute atomic E-state index is 13.0. The third-order valence-corrected chi connectivity index (χ3v) is 3.87. The fourth-order valence-corrected chi connectivity index (χ4v) is 2.80. The number of hydrogen-bond donors (Lipinski definition) is 2. The van der Waals surface area contributed by atoms with E-state index in [2.05, 4.69) is 20.6 Å². The van der Waals surface area contributed by atoms with Crippen LogP contribution in [0.3, 0.4) is 0 Å². The lowest BCUT2D eigenvalue weighted by Crippen LogP contribution is -2.17. The van der Waals surface area contributed by atoms with E-state index in [4.69, 9.17) is 4.74 Å². The summed E-state index contributed by atoms with van der Waals surface area (Å²) < 4.78 is 18.8. The maximum Gasteiger partial charge on any atom is 0.232 e. The Labute approximate surface area is 141 Å². The minimum Gasteiger partial charge on any atom is -0.475 e. The molecule has 6 heteroatoms. The van der Waals surface area contributed by atoms with E-state index in [0.29, 0.717) is 17.9 Å². The van der Waals surface area contributed by atoms with Gasteiger partial charge in [0.15, 0.2) is 0 Å². The lowest BCUT2D eigenvalue weighted by atomic mass is 10.2. The number of nitrogens with zero attached hydrogens (tertiary/aromatic N) is 2. The summed E-state index contributed by atoms with van der Waals surface area (Å²) in [5.74, 6) is 1.42. The predicted octanol–water partition coefficient (Wildman–Crippen LogP) is 4.50. The van der Waals surface area contributed by atoms with Crippen LogP contribution in [0.15, 0.2) is 30.3 Å². The van der Waals surface area contributed by atoms with Crippen molar-refractivity contribution < 1.29 is 9.13 Å². The Kier molecular flexibility index (Phi) is 5.13. The summed E-state index contributed by atoms with van der Waals surface area (Å²) in [6.07, 6.45) is 4.84. The highest BCUT2D eigenvalue weighted by atomic mass is 19.1. The zero-order chi connectivity index (χ0) is 16.9. The molecule has 1 fully saturated rings. The van der Waals surface area contributed by atoms with Crippen LogP contribution in [0.4, 0.5) is 21.8 Å². The van der Waals surface area contributed by atoms with Crippen LogP contribution in [0.1, 0.15) is 39.5 Å². The first-order chi connectivity index (χ1) is 11.6. The SMILES string of the molecule is CC(C)Oc1cc(NC2CCCC2)nc(Nc2ccc(F)cc2)n1. The number of hydrogen-bond acceptors (Lipinski definition) is 5. The van der Waals surface area contributed by atoms with Crippen molar-refractivity contribution in [1.82, 2.24) is 9.97 Å². The van der Waals surface area contributed by atoms with Crippen LogP contribution in [0.5, 0.6) is 5.88 Å². The van der Waals surface area contributed by atoms with Crippen molar-refractivity contribution >= 4 is 17.5 Å². The van der Waals surface area contributed by atoms with Gasteiger partial charge in [0, 0.05) is 17.8 Å². The van der Waals surface area contributed by atoms with Gasteiger partial charge in [-0.25, -0.2) is 4.39 Å². The van der Waals surface area contributed by atoms with Gasteiger partial charge in [-0.15, -0.1) is 0 Å². The average Bonchev–Trinajstić information content (AvgIpc) is 3.01. The third-order valence-electron chi connectivity index (χ3n) is 3.87. The number of rotatable bonds is 6. The van der Waals surface area contributed by atoms with Crippen LogP contribution in [-0.2, 0) is 0 Å². The highest BCUT2D eigenvalue weighted by molar-refractivity contribution is 5.56. The maximum atomic E-state index is 13.0. The molecule has 0 unspecified atom stereocenters. The molecular weight excluding hydrogens is 307 g/mol. The second kappa shape index (κ2) is 7.47. The molecule has 1 heterocycles. The Balaban J connectivity index is 1.81. The van der Waals surface area contributed by atoms with E-state index >= 15 is 0 Å². The van der Waals surface area contributed by atoms with Crippen LogP contribution in [0, 0.1) is 5.82 Å². The van der Waals surface area contributed by atoms with Gasteiger partial charge in [0.2, 0.25) is 11.8 Å². The van der Waals surface area contributed by atoms with Crippen LogP contribution in [0.25, 0.3) is 0 Å². The minimum absolute atomic E-state index is 0.0258. The van der Waals surface area contributed by atoms with Gasteiger partial charge in [-0.05, 0) is 51.0 Å². The fourth-order valence-electron chi connectivity index (χ4n) is 2.80. The first-order valence-corrected chi connectivity index (χ1v) is 8.43. The summed E-state index contributed by atoms with van der Waals surface area (Å²) in [5, 5.41) is 6.56. The molecule has 0 saturated heterocycles. The molecule has 5 nitrogen and oxygen atoms in total. The van der Waals surface area contributed by atoms with Gasteiger partial charge in [0.05, 0.1) is 6.10 Å². The molecular formula is C18H23FN4O. The Morgan fingerprint density at radius 1 is 1.12 bits per heavy atom. The standard InChI is InChI=1S/C18H23FN4O/c1-12(2)24-17-11-16(20-14-5-3-4-6-14)22-18(23-17)21-15-9-7-13(19)8-10-15/h7-12,14H,3-6H2,1-2H3,(H2,20,21,22,23). The summed E-state index contributed by atoms with van der Waals surface area (Å²) in [7, 11) is 0. The van der Waals surface area contributed by atoms with Crippen molar-refractivity contribution in [2.45, 2.75) is 51.7 Å². The number of halogens is 1. The fraction of sp³-hybridized carbons (Fsp3) is 0.444. The van der Waals surface area contributed by atoms with E-state index < -0.39 is 0 Å². The highest BCUT2D eigenvalue weighted by Crippen LogP contribution is 2.25. The third kappa shape index (κ3) is 4.57. The summed E-state index contributed by atoms with van der Waals surface area (Å²) in [6.45, 7) is 3.92. The van der Waals surface area contributed by atoms with Gasteiger partial charge in [-0.1, -0.05) is 12.8 Å². The van der Waals surface area contributed by atoms with Gasteiger partial charge in [-0.3, -0.25) is 0 Å². The molecule has 2 N–H and O–H groups in total. The molecule has 0 amide bonds. The predicted molar refractivity (Wildman–Crippen MR) is 93.4 cm³/mol. The quantitative estimate of drug-likeness (QED) is 0.816. The van der Waals surface area contributed by atoms with Crippen molar-refractivity contribution in [2.75, 3.05) is 10.6 Å². The van der Waals surface area contributed by atoms with E-state index in [1.54, 1.807) is 12.1 Å². The molecule has 1 saturated carbocycles. The second-order valence-corrected chi connectivity index (χ2v) is 6.34. The van der Waals surface area contributed by atoms with Gasteiger partial charge in [-0.2, -0.15) is 9.97 Å². The van der Waals surface area contributed by atoms with E-state index in [-0.39, 0.29) is 11.9 Å². The number of benzene rings is 1. The van der Waals surface area contributed by atoms with E-state index in [1.807, 2.05) is 19.9 Å². The van der Waals surface area contributed by atoms with Gasteiger partial charge in [0.25, 0.3) is 0 Å². The van der Waals surface area contributed by atoms with Crippen LogP contribution < -0.4 is 15.4 Å². The molecule has 2 aromatic rings. The van der Waals surface area contributed by atoms with E-state index in [0.717, 1.165) is 24.3 Å². The molecule has 0 aliphatic heterocycles. The summed E-state index contributed by atoms with van der Waals surface area (Å²) in [6, 6.07) is 8.37. The first kappa shape index (κ1) is 16.5. The van der Waals surface area contributed by atoms with Gasteiger partial charge >= 0.3 is 0 Å².